The third kappa shape index (κ3) is 3.28. The zero-order valence-electron chi connectivity index (χ0n) is 12.7. The first-order valence-electron chi connectivity index (χ1n) is 7.57. The summed E-state index contributed by atoms with van der Waals surface area (Å²) in [7, 11) is 0. The minimum atomic E-state index is -4.40. The summed E-state index contributed by atoms with van der Waals surface area (Å²) in [5.74, 6) is -0.239. The molecule has 3 rings (SSSR count). The predicted octanol–water partition coefficient (Wildman–Crippen LogP) is 3.65. The number of nitrogens with zero attached hydrogens (tertiary/aromatic N) is 1. The number of aliphatic hydroxyl groups excluding tert-OH is 1. The summed E-state index contributed by atoms with van der Waals surface area (Å²) in [5.41, 5.74) is 0.345. The van der Waals surface area contributed by atoms with E-state index in [9.17, 15) is 23.1 Å². The van der Waals surface area contributed by atoms with Gasteiger partial charge in [0.1, 0.15) is 0 Å². The van der Waals surface area contributed by atoms with Gasteiger partial charge in [0.15, 0.2) is 0 Å². The minimum Gasteiger partial charge on any atom is -0.391 e. The van der Waals surface area contributed by atoms with Crippen LogP contribution in [0.4, 0.5) is 13.2 Å². The Morgan fingerprint density at radius 3 is 2.25 bits per heavy atom. The topological polar surface area (TPSA) is 40.5 Å². The SMILES string of the molecule is O=C(c1ccccc1)N1CC(O)CC1c1ccc(C(F)(F)F)cc1. The molecule has 1 aliphatic heterocycles. The Hall–Kier alpha value is -2.34. The van der Waals surface area contributed by atoms with E-state index in [2.05, 4.69) is 0 Å². The van der Waals surface area contributed by atoms with Crippen molar-refractivity contribution in [1.29, 1.82) is 0 Å². The first kappa shape index (κ1) is 16.5. The maximum absolute atomic E-state index is 12.7. The molecule has 1 aliphatic rings. The van der Waals surface area contributed by atoms with E-state index in [0.717, 1.165) is 12.1 Å². The van der Waals surface area contributed by atoms with Gasteiger partial charge in [0.2, 0.25) is 0 Å². The lowest BCUT2D eigenvalue weighted by Gasteiger charge is -2.25. The fourth-order valence-corrected chi connectivity index (χ4v) is 3.00. The zero-order valence-corrected chi connectivity index (χ0v) is 12.7. The number of benzene rings is 2. The van der Waals surface area contributed by atoms with E-state index in [1.807, 2.05) is 0 Å². The molecule has 1 amide bonds. The maximum atomic E-state index is 12.7. The molecule has 0 spiro atoms. The highest BCUT2D eigenvalue weighted by molar-refractivity contribution is 5.94. The van der Waals surface area contributed by atoms with Crippen LogP contribution in [-0.2, 0) is 6.18 Å². The molecule has 1 fully saturated rings. The van der Waals surface area contributed by atoms with Crippen LogP contribution < -0.4 is 0 Å². The first-order chi connectivity index (χ1) is 11.4. The summed E-state index contributed by atoms with van der Waals surface area (Å²) in [6.45, 7) is 0.166. The molecule has 0 saturated carbocycles. The molecule has 1 N–H and O–H groups in total. The molecule has 2 aromatic rings. The van der Waals surface area contributed by atoms with Crippen LogP contribution in [0, 0.1) is 0 Å². The van der Waals surface area contributed by atoms with Gasteiger partial charge >= 0.3 is 6.18 Å². The standard InChI is InChI=1S/C18H16F3NO2/c19-18(20,21)14-8-6-12(7-9-14)16-10-15(23)11-22(16)17(24)13-4-2-1-3-5-13/h1-9,15-16,23H,10-11H2. The Balaban J connectivity index is 1.87. The Morgan fingerprint density at radius 2 is 1.67 bits per heavy atom. The number of hydrogen-bond acceptors (Lipinski definition) is 2. The highest BCUT2D eigenvalue weighted by Crippen LogP contribution is 2.35. The van der Waals surface area contributed by atoms with Crippen LogP contribution >= 0.6 is 0 Å². The summed E-state index contributed by atoms with van der Waals surface area (Å²) < 4.78 is 38.0. The van der Waals surface area contributed by atoms with Crippen LogP contribution in [0.15, 0.2) is 54.6 Å². The number of aliphatic hydroxyl groups is 1. The second-order valence-electron chi connectivity index (χ2n) is 5.85. The van der Waals surface area contributed by atoms with E-state index < -0.39 is 23.9 Å². The van der Waals surface area contributed by atoms with Crippen molar-refractivity contribution in [2.75, 3.05) is 6.54 Å². The van der Waals surface area contributed by atoms with Gasteiger partial charge in [0.05, 0.1) is 17.7 Å². The number of carbonyl (C=O) groups excluding carboxylic acids is 1. The molecular weight excluding hydrogens is 319 g/mol. The molecule has 2 aromatic carbocycles. The van der Waals surface area contributed by atoms with Gasteiger partial charge in [0, 0.05) is 12.1 Å². The number of alkyl halides is 3. The van der Waals surface area contributed by atoms with Crippen molar-refractivity contribution in [3.05, 3.63) is 71.3 Å². The molecule has 0 aliphatic carbocycles. The van der Waals surface area contributed by atoms with Crippen molar-refractivity contribution in [2.24, 2.45) is 0 Å². The normalized spacial score (nSPS) is 21.1. The average Bonchev–Trinajstić information content (AvgIpc) is 2.96. The molecule has 0 aromatic heterocycles. The van der Waals surface area contributed by atoms with Crippen molar-refractivity contribution in [2.45, 2.75) is 24.7 Å². The lowest BCUT2D eigenvalue weighted by atomic mass is 10.0. The largest absolute Gasteiger partial charge is 0.416 e. The second-order valence-corrected chi connectivity index (χ2v) is 5.85. The predicted molar refractivity (Wildman–Crippen MR) is 82.3 cm³/mol. The molecule has 6 heteroatoms. The van der Waals surface area contributed by atoms with E-state index in [1.165, 1.54) is 17.0 Å². The molecule has 1 saturated heterocycles. The van der Waals surface area contributed by atoms with Gasteiger partial charge < -0.3 is 10.0 Å². The van der Waals surface area contributed by atoms with Crippen molar-refractivity contribution < 1.29 is 23.1 Å². The lowest BCUT2D eigenvalue weighted by Crippen LogP contribution is -2.31. The smallest absolute Gasteiger partial charge is 0.391 e. The quantitative estimate of drug-likeness (QED) is 0.910. The molecule has 126 valence electrons. The van der Waals surface area contributed by atoms with Crippen molar-refractivity contribution in [3.63, 3.8) is 0 Å². The average molecular weight is 335 g/mol. The van der Waals surface area contributed by atoms with Gasteiger partial charge in [-0.3, -0.25) is 4.79 Å². The Labute approximate surface area is 137 Å². The van der Waals surface area contributed by atoms with Gasteiger partial charge in [-0.05, 0) is 36.2 Å². The molecule has 1 heterocycles. The van der Waals surface area contributed by atoms with Crippen LogP contribution in [-0.4, -0.2) is 28.6 Å². The van der Waals surface area contributed by atoms with E-state index >= 15 is 0 Å². The summed E-state index contributed by atoms with van der Waals surface area (Å²) in [5, 5.41) is 9.94. The highest BCUT2D eigenvalue weighted by atomic mass is 19.4. The molecule has 0 radical (unpaired) electrons. The monoisotopic (exact) mass is 335 g/mol. The summed E-state index contributed by atoms with van der Waals surface area (Å²) in [6, 6.07) is 13.0. The number of carbonyl (C=O) groups is 1. The van der Waals surface area contributed by atoms with Gasteiger partial charge in [-0.15, -0.1) is 0 Å². The maximum Gasteiger partial charge on any atom is 0.416 e. The minimum absolute atomic E-state index is 0.166. The molecule has 2 atom stereocenters. The summed E-state index contributed by atoms with van der Waals surface area (Å²) in [4.78, 5) is 14.2. The molecule has 24 heavy (non-hydrogen) atoms. The third-order valence-electron chi connectivity index (χ3n) is 4.18. The van der Waals surface area contributed by atoms with Crippen LogP contribution in [0.2, 0.25) is 0 Å². The Morgan fingerprint density at radius 1 is 1.04 bits per heavy atom. The van der Waals surface area contributed by atoms with Gasteiger partial charge in [-0.2, -0.15) is 13.2 Å². The Bertz CT molecular complexity index is 713. The zero-order chi connectivity index (χ0) is 17.3. The van der Waals surface area contributed by atoms with Crippen molar-refractivity contribution in [3.8, 4) is 0 Å². The summed E-state index contributed by atoms with van der Waals surface area (Å²) in [6.07, 6.45) is -4.78. The number of rotatable bonds is 2. The number of hydrogen-bond donors (Lipinski definition) is 1. The number of halogens is 3. The molecule has 2 unspecified atom stereocenters. The number of likely N-dealkylation sites (tertiary alicyclic amines) is 1. The molecule has 3 nitrogen and oxygen atoms in total. The van der Waals surface area contributed by atoms with E-state index in [1.54, 1.807) is 30.3 Å². The van der Waals surface area contributed by atoms with Crippen LogP contribution in [0.5, 0.6) is 0 Å². The number of β-amino-alcohol motifs (C(OH)–C–C–N with tert-alkyl or cyclic N) is 1. The fraction of sp³-hybridized carbons (Fsp3) is 0.278. The van der Waals surface area contributed by atoms with Crippen molar-refractivity contribution in [1.82, 2.24) is 4.90 Å². The van der Waals surface area contributed by atoms with Crippen molar-refractivity contribution >= 4 is 5.91 Å². The van der Waals surface area contributed by atoms with Crippen LogP contribution in [0.3, 0.4) is 0 Å². The third-order valence-corrected chi connectivity index (χ3v) is 4.18. The first-order valence-corrected chi connectivity index (χ1v) is 7.57. The molecular formula is C18H16F3NO2. The van der Waals surface area contributed by atoms with E-state index in [4.69, 9.17) is 0 Å². The van der Waals surface area contributed by atoms with Crippen LogP contribution in [0.1, 0.15) is 33.9 Å². The summed E-state index contributed by atoms with van der Waals surface area (Å²) >= 11 is 0. The van der Waals surface area contributed by atoms with Gasteiger partial charge in [-0.25, -0.2) is 0 Å². The molecule has 0 bridgehead atoms. The van der Waals surface area contributed by atoms with E-state index in [-0.39, 0.29) is 12.5 Å². The van der Waals surface area contributed by atoms with Crippen LogP contribution in [0.25, 0.3) is 0 Å². The fourth-order valence-electron chi connectivity index (χ4n) is 3.00. The Kier molecular flexibility index (Phi) is 4.32. The number of amides is 1. The van der Waals surface area contributed by atoms with Gasteiger partial charge in [-0.1, -0.05) is 30.3 Å². The lowest BCUT2D eigenvalue weighted by molar-refractivity contribution is -0.137. The highest BCUT2D eigenvalue weighted by Gasteiger charge is 2.36. The van der Waals surface area contributed by atoms with Gasteiger partial charge in [0.25, 0.3) is 5.91 Å². The van der Waals surface area contributed by atoms with E-state index in [0.29, 0.717) is 17.5 Å². The second kappa shape index (κ2) is 6.28.